The summed E-state index contributed by atoms with van der Waals surface area (Å²) in [4.78, 5) is 10.4. The molecule has 1 heterocycles. The highest BCUT2D eigenvalue weighted by molar-refractivity contribution is 6.32. The van der Waals surface area contributed by atoms with E-state index in [-0.39, 0.29) is 0 Å². The predicted molar refractivity (Wildman–Crippen MR) is 54.0 cm³/mol. The summed E-state index contributed by atoms with van der Waals surface area (Å²) >= 11 is 5.96. The highest BCUT2D eigenvalue weighted by Crippen LogP contribution is 2.18. The summed E-state index contributed by atoms with van der Waals surface area (Å²) in [5.41, 5.74) is 1.30. The molecule has 0 bridgehead atoms. The fourth-order valence-corrected chi connectivity index (χ4v) is 1.39. The zero-order chi connectivity index (χ0) is 9.97. The molecular formula is C10H7ClN2O. The molecule has 3 nitrogen and oxygen atoms in total. The maximum Gasteiger partial charge on any atom is 0.153 e. The number of hydrogen-bond donors (Lipinski definition) is 0. The van der Waals surface area contributed by atoms with Gasteiger partial charge in [-0.15, -0.1) is 0 Å². The van der Waals surface area contributed by atoms with Gasteiger partial charge in [0.25, 0.3) is 0 Å². The zero-order valence-corrected chi connectivity index (χ0v) is 7.98. The maximum atomic E-state index is 10.4. The molecule has 0 spiro atoms. The standard InChI is InChI=1S/C10H7ClN2O/c11-9-3-1-2-4-10(9)13-6-8(7-14)5-12-13/h1-7H. The molecule has 1 aromatic heterocycles. The monoisotopic (exact) mass is 206 g/mol. The number of carbonyl (C=O) groups is 1. The van der Waals surface area contributed by atoms with Gasteiger partial charge in [-0.25, -0.2) is 4.68 Å². The molecule has 0 saturated heterocycles. The van der Waals surface area contributed by atoms with Crippen LogP contribution in [0.25, 0.3) is 5.69 Å². The first-order chi connectivity index (χ1) is 6.81. The highest BCUT2D eigenvalue weighted by atomic mass is 35.5. The number of nitrogens with zero attached hydrogens (tertiary/aromatic N) is 2. The van der Waals surface area contributed by atoms with E-state index < -0.39 is 0 Å². The smallest absolute Gasteiger partial charge is 0.153 e. The number of benzene rings is 1. The lowest BCUT2D eigenvalue weighted by atomic mass is 10.3. The Hall–Kier alpha value is -1.61. The number of rotatable bonds is 2. The number of aromatic nitrogens is 2. The molecule has 0 aliphatic heterocycles. The number of hydrogen-bond acceptors (Lipinski definition) is 2. The van der Waals surface area contributed by atoms with Gasteiger partial charge in [-0.05, 0) is 12.1 Å². The predicted octanol–water partition coefficient (Wildman–Crippen LogP) is 2.34. The molecule has 0 radical (unpaired) electrons. The summed E-state index contributed by atoms with van der Waals surface area (Å²) < 4.78 is 1.58. The third-order valence-electron chi connectivity index (χ3n) is 1.84. The van der Waals surface area contributed by atoms with Crippen LogP contribution >= 0.6 is 11.6 Å². The first-order valence-corrected chi connectivity index (χ1v) is 4.44. The second-order valence-corrected chi connectivity index (χ2v) is 3.19. The van der Waals surface area contributed by atoms with Crippen molar-refractivity contribution in [3.8, 4) is 5.69 Å². The van der Waals surface area contributed by atoms with Crippen molar-refractivity contribution in [3.63, 3.8) is 0 Å². The van der Waals surface area contributed by atoms with Gasteiger partial charge in [0.1, 0.15) is 0 Å². The summed E-state index contributed by atoms with van der Waals surface area (Å²) in [6, 6.07) is 7.32. The number of carbonyl (C=O) groups excluding carboxylic acids is 1. The highest BCUT2D eigenvalue weighted by Gasteiger charge is 2.02. The van der Waals surface area contributed by atoms with Crippen molar-refractivity contribution in [2.45, 2.75) is 0 Å². The van der Waals surface area contributed by atoms with E-state index in [9.17, 15) is 4.79 Å². The largest absolute Gasteiger partial charge is 0.298 e. The second kappa shape index (κ2) is 3.64. The van der Waals surface area contributed by atoms with Crippen LogP contribution in [0, 0.1) is 0 Å². The molecule has 0 amide bonds. The first-order valence-electron chi connectivity index (χ1n) is 4.06. The first kappa shape index (κ1) is 8.97. The average Bonchev–Trinajstić information content (AvgIpc) is 2.67. The molecule has 0 unspecified atom stereocenters. The Balaban J connectivity index is 2.49. The molecule has 1 aromatic carbocycles. The topological polar surface area (TPSA) is 34.9 Å². The molecule has 2 rings (SSSR count). The van der Waals surface area contributed by atoms with E-state index in [0.717, 1.165) is 12.0 Å². The Labute approximate surface area is 85.9 Å². The SMILES string of the molecule is O=Cc1cnn(-c2ccccc2Cl)c1. The van der Waals surface area contributed by atoms with Gasteiger partial charge in [0.05, 0.1) is 22.5 Å². The van der Waals surface area contributed by atoms with Crippen molar-refractivity contribution in [3.05, 3.63) is 47.2 Å². The van der Waals surface area contributed by atoms with Crippen LogP contribution in [0.2, 0.25) is 5.02 Å². The Morgan fingerprint density at radius 3 is 2.79 bits per heavy atom. The summed E-state index contributed by atoms with van der Waals surface area (Å²) in [5.74, 6) is 0. The molecule has 0 aliphatic carbocycles. The van der Waals surface area contributed by atoms with E-state index in [2.05, 4.69) is 5.10 Å². The van der Waals surface area contributed by atoms with Gasteiger partial charge in [-0.2, -0.15) is 5.10 Å². The van der Waals surface area contributed by atoms with Gasteiger partial charge < -0.3 is 0 Å². The Kier molecular flexibility index (Phi) is 2.33. The van der Waals surface area contributed by atoms with Crippen molar-refractivity contribution < 1.29 is 4.79 Å². The molecule has 14 heavy (non-hydrogen) atoms. The van der Waals surface area contributed by atoms with Gasteiger partial charge in [-0.3, -0.25) is 4.79 Å². The fraction of sp³-hybridized carbons (Fsp3) is 0. The lowest BCUT2D eigenvalue weighted by molar-refractivity contribution is 0.112. The van der Waals surface area contributed by atoms with E-state index >= 15 is 0 Å². The van der Waals surface area contributed by atoms with E-state index in [1.165, 1.54) is 6.20 Å². The minimum Gasteiger partial charge on any atom is -0.298 e. The van der Waals surface area contributed by atoms with E-state index in [1.54, 1.807) is 16.9 Å². The van der Waals surface area contributed by atoms with Crippen LogP contribution in [0.15, 0.2) is 36.7 Å². The molecule has 0 atom stereocenters. The number of halogens is 1. The normalized spacial score (nSPS) is 10.1. The van der Waals surface area contributed by atoms with Crippen LogP contribution in [-0.2, 0) is 0 Å². The minimum absolute atomic E-state index is 0.532. The lowest BCUT2D eigenvalue weighted by Gasteiger charge is -2.02. The quantitative estimate of drug-likeness (QED) is 0.707. The van der Waals surface area contributed by atoms with Crippen LogP contribution in [0.4, 0.5) is 0 Å². The Morgan fingerprint density at radius 2 is 2.14 bits per heavy atom. The van der Waals surface area contributed by atoms with Crippen molar-refractivity contribution in [1.29, 1.82) is 0 Å². The number of aldehydes is 1. The van der Waals surface area contributed by atoms with Gasteiger partial charge in [-0.1, -0.05) is 23.7 Å². The van der Waals surface area contributed by atoms with Crippen LogP contribution in [0.1, 0.15) is 10.4 Å². The maximum absolute atomic E-state index is 10.4. The van der Waals surface area contributed by atoms with Crippen molar-refractivity contribution >= 4 is 17.9 Å². The van der Waals surface area contributed by atoms with Crippen LogP contribution in [-0.4, -0.2) is 16.1 Å². The second-order valence-electron chi connectivity index (χ2n) is 2.79. The molecule has 70 valence electrons. The van der Waals surface area contributed by atoms with Crippen LogP contribution < -0.4 is 0 Å². The summed E-state index contributed by atoms with van der Waals surface area (Å²) in [7, 11) is 0. The van der Waals surface area contributed by atoms with Gasteiger partial charge in [0, 0.05) is 6.20 Å². The lowest BCUT2D eigenvalue weighted by Crippen LogP contribution is -1.94. The Bertz CT molecular complexity index is 465. The Morgan fingerprint density at radius 1 is 1.36 bits per heavy atom. The van der Waals surface area contributed by atoms with E-state index in [4.69, 9.17) is 11.6 Å². The molecule has 0 aliphatic rings. The van der Waals surface area contributed by atoms with Gasteiger partial charge >= 0.3 is 0 Å². The zero-order valence-electron chi connectivity index (χ0n) is 7.22. The summed E-state index contributed by atoms with van der Waals surface area (Å²) in [6.45, 7) is 0. The van der Waals surface area contributed by atoms with Crippen molar-refractivity contribution in [2.24, 2.45) is 0 Å². The minimum atomic E-state index is 0.532. The summed E-state index contributed by atoms with van der Waals surface area (Å²) in [5, 5.41) is 4.62. The third kappa shape index (κ3) is 1.54. The van der Waals surface area contributed by atoms with Gasteiger partial charge in [0.15, 0.2) is 6.29 Å². The van der Waals surface area contributed by atoms with Crippen LogP contribution in [0.5, 0.6) is 0 Å². The molecule has 0 N–H and O–H groups in total. The molecule has 4 heteroatoms. The van der Waals surface area contributed by atoms with E-state index in [0.29, 0.717) is 10.6 Å². The molecular weight excluding hydrogens is 200 g/mol. The van der Waals surface area contributed by atoms with Crippen LogP contribution in [0.3, 0.4) is 0 Å². The molecule has 2 aromatic rings. The molecule has 0 fully saturated rings. The van der Waals surface area contributed by atoms with Crippen molar-refractivity contribution in [2.75, 3.05) is 0 Å². The van der Waals surface area contributed by atoms with Gasteiger partial charge in [0.2, 0.25) is 0 Å². The fourth-order valence-electron chi connectivity index (χ4n) is 1.17. The third-order valence-corrected chi connectivity index (χ3v) is 2.16. The average molecular weight is 207 g/mol. The number of para-hydroxylation sites is 1. The molecule has 0 saturated carbocycles. The van der Waals surface area contributed by atoms with Crippen molar-refractivity contribution in [1.82, 2.24) is 9.78 Å². The van der Waals surface area contributed by atoms with E-state index in [1.807, 2.05) is 18.2 Å². The summed E-state index contributed by atoms with van der Waals surface area (Å²) in [6.07, 6.45) is 3.88.